The molecule has 0 aliphatic carbocycles. The number of rotatable bonds is 6. The van der Waals surface area contributed by atoms with Gasteiger partial charge in [0.25, 0.3) is 11.8 Å². The molecule has 0 radical (unpaired) electrons. The maximum absolute atomic E-state index is 12.5. The van der Waals surface area contributed by atoms with Crippen molar-refractivity contribution in [3.05, 3.63) is 71.8 Å². The van der Waals surface area contributed by atoms with Crippen LogP contribution in [0, 0.1) is 0 Å². The summed E-state index contributed by atoms with van der Waals surface area (Å²) in [6.07, 6.45) is 0. The van der Waals surface area contributed by atoms with Gasteiger partial charge in [-0.25, -0.2) is 0 Å². The fourth-order valence-electron chi connectivity index (χ4n) is 2.78. The maximum atomic E-state index is 12.5. The topological polar surface area (TPSA) is 129 Å². The molecule has 0 saturated carbocycles. The molecule has 3 aromatic carbocycles. The lowest BCUT2D eigenvalue weighted by atomic mass is 10.1. The summed E-state index contributed by atoms with van der Waals surface area (Å²) in [5.74, 6) is 0.226. The van der Waals surface area contributed by atoms with Crippen LogP contribution in [0.25, 0.3) is 0 Å². The Kier molecular flexibility index (Phi) is 6.07. The first kappa shape index (κ1) is 20.5. The van der Waals surface area contributed by atoms with Gasteiger partial charge in [0, 0.05) is 34.6 Å². The lowest BCUT2D eigenvalue weighted by Crippen LogP contribution is -2.15. The fraction of sp³-hybridized carbons (Fsp3) is 0.0909. The third-order valence-electron chi connectivity index (χ3n) is 4.36. The van der Waals surface area contributed by atoms with Gasteiger partial charge in [0.15, 0.2) is 0 Å². The summed E-state index contributed by atoms with van der Waals surface area (Å²) in [5.41, 5.74) is 14.3. The van der Waals surface area contributed by atoms with E-state index in [-0.39, 0.29) is 11.8 Å². The first-order valence-electron chi connectivity index (χ1n) is 9.01. The van der Waals surface area contributed by atoms with Gasteiger partial charge in [-0.3, -0.25) is 9.59 Å². The number of methoxy groups -OCH3 is 2. The monoisotopic (exact) mass is 406 g/mol. The average molecular weight is 406 g/mol. The molecule has 0 aliphatic rings. The molecular formula is C22H22N4O4. The van der Waals surface area contributed by atoms with Crippen LogP contribution in [0.15, 0.2) is 60.7 Å². The quantitative estimate of drug-likeness (QED) is 0.465. The second-order valence-corrected chi connectivity index (χ2v) is 6.41. The minimum atomic E-state index is -0.342. The Morgan fingerprint density at radius 1 is 0.667 bits per heavy atom. The standard InChI is InChI=1S/C22H22N4O4/c1-29-19-11-15(23)7-9-17(19)25-21(27)13-3-5-14(6-4-13)22(28)26-18-10-8-16(24)12-20(18)30-2/h3-12H,23-24H2,1-2H3,(H,25,27)(H,26,28). The molecule has 0 spiro atoms. The molecule has 0 aliphatic heterocycles. The number of nitrogens with two attached hydrogens (primary N) is 2. The molecule has 0 heterocycles. The number of anilines is 4. The summed E-state index contributed by atoms with van der Waals surface area (Å²) in [4.78, 5) is 25.1. The average Bonchev–Trinajstić information content (AvgIpc) is 2.76. The van der Waals surface area contributed by atoms with Crippen LogP contribution in [0.5, 0.6) is 11.5 Å². The summed E-state index contributed by atoms with van der Waals surface area (Å²) in [6.45, 7) is 0. The molecule has 3 aromatic rings. The van der Waals surface area contributed by atoms with Crippen LogP contribution in [0.2, 0.25) is 0 Å². The van der Waals surface area contributed by atoms with E-state index < -0.39 is 0 Å². The largest absolute Gasteiger partial charge is 0.494 e. The fourth-order valence-corrected chi connectivity index (χ4v) is 2.78. The van der Waals surface area contributed by atoms with Crippen molar-refractivity contribution in [2.24, 2.45) is 0 Å². The Balaban J connectivity index is 1.71. The molecule has 6 N–H and O–H groups in total. The van der Waals surface area contributed by atoms with E-state index >= 15 is 0 Å². The predicted octanol–water partition coefficient (Wildman–Crippen LogP) is 3.37. The van der Waals surface area contributed by atoms with Crippen molar-refractivity contribution in [3.8, 4) is 11.5 Å². The van der Waals surface area contributed by atoms with Gasteiger partial charge in [-0.15, -0.1) is 0 Å². The zero-order valence-corrected chi connectivity index (χ0v) is 16.6. The Morgan fingerprint density at radius 2 is 1.03 bits per heavy atom. The van der Waals surface area contributed by atoms with E-state index in [0.717, 1.165) is 0 Å². The molecule has 8 nitrogen and oxygen atoms in total. The number of carbonyl (C=O) groups excluding carboxylic acids is 2. The molecule has 0 saturated heterocycles. The molecule has 0 fully saturated rings. The summed E-state index contributed by atoms with van der Waals surface area (Å²) in [6, 6.07) is 16.1. The van der Waals surface area contributed by atoms with Gasteiger partial charge in [-0.2, -0.15) is 0 Å². The van der Waals surface area contributed by atoms with Gasteiger partial charge >= 0.3 is 0 Å². The van der Waals surface area contributed by atoms with Crippen LogP contribution >= 0.6 is 0 Å². The molecular weight excluding hydrogens is 384 g/mol. The molecule has 0 bridgehead atoms. The van der Waals surface area contributed by atoms with Crippen LogP contribution in [-0.2, 0) is 0 Å². The second kappa shape index (κ2) is 8.87. The molecule has 154 valence electrons. The summed E-state index contributed by atoms with van der Waals surface area (Å²) in [7, 11) is 2.99. The molecule has 0 aromatic heterocycles. The third kappa shape index (κ3) is 4.61. The minimum Gasteiger partial charge on any atom is -0.494 e. The smallest absolute Gasteiger partial charge is 0.255 e. The van der Waals surface area contributed by atoms with Crippen molar-refractivity contribution in [1.29, 1.82) is 0 Å². The van der Waals surface area contributed by atoms with Crippen molar-refractivity contribution in [2.75, 3.05) is 36.3 Å². The molecule has 0 unspecified atom stereocenters. The number of amides is 2. The molecule has 30 heavy (non-hydrogen) atoms. The Morgan fingerprint density at radius 3 is 1.37 bits per heavy atom. The van der Waals surface area contributed by atoms with E-state index in [1.54, 1.807) is 60.7 Å². The van der Waals surface area contributed by atoms with Crippen LogP contribution in [0.3, 0.4) is 0 Å². The normalized spacial score (nSPS) is 10.2. The first-order chi connectivity index (χ1) is 14.4. The van der Waals surface area contributed by atoms with E-state index in [4.69, 9.17) is 20.9 Å². The summed E-state index contributed by atoms with van der Waals surface area (Å²) in [5, 5.41) is 5.53. The Hall–Kier alpha value is -4.20. The molecule has 3 rings (SSSR count). The van der Waals surface area contributed by atoms with Crippen molar-refractivity contribution in [3.63, 3.8) is 0 Å². The highest BCUT2D eigenvalue weighted by Crippen LogP contribution is 2.28. The van der Waals surface area contributed by atoms with Gasteiger partial charge in [-0.1, -0.05) is 0 Å². The Bertz CT molecular complexity index is 994. The lowest BCUT2D eigenvalue weighted by molar-refractivity contribution is 0.101. The number of carbonyl (C=O) groups is 2. The Labute approximate surface area is 173 Å². The number of benzene rings is 3. The van der Waals surface area contributed by atoms with Crippen molar-refractivity contribution >= 4 is 34.6 Å². The first-order valence-corrected chi connectivity index (χ1v) is 9.01. The van der Waals surface area contributed by atoms with Gasteiger partial charge in [0.1, 0.15) is 11.5 Å². The van der Waals surface area contributed by atoms with E-state index in [1.807, 2.05) is 0 Å². The minimum absolute atomic E-state index is 0.342. The van der Waals surface area contributed by atoms with Gasteiger partial charge < -0.3 is 31.6 Å². The van der Waals surface area contributed by atoms with Crippen molar-refractivity contribution in [2.45, 2.75) is 0 Å². The van der Waals surface area contributed by atoms with E-state index in [2.05, 4.69) is 10.6 Å². The summed E-state index contributed by atoms with van der Waals surface area (Å²) >= 11 is 0. The SMILES string of the molecule is COc1cc(N)ccc1NC(=O)c1ccc(C(=O)Nc2ccc(N)cc2OC)cc1. The molecule has 8 heteroatoms. The predicted molar refractivity (Wildman–Crippen MR) is 117 cm³/mol. The number of hydrogen-bond donors (Lipinski definition) is 4. The van der Waals surface area contributed by atoms with Crippen LogP contribution < -0.4 is 31.6 Å². The maximum Gasteiger partial charge on any atom is 0.255 e. The molecule has 2 amide bonds. The van der Waals surface area contributed by atoms with Crippen molar-refractivity contribution < 1.29 is 19.1 Å². The summed E-state index contributed by atoms with van der Waals surface area (Å²) < 4.78 is 10.5. The van der Waals surface area contributed by atoms with E-state index in [1.165, 1.54) is 14.2 Å². The number of nitrogen functional groups attached to an aromatic ring is 2. The molecule has 0 atom stereocenters. The highest BCUT2D eigenvalue weighted by molar-refractivity contribution is 6.08. The second-order valence-electron chi connectivity index (χ2n) is 6.41. The number of nitrogens with one attached hydrogen (secondary N) is 2. The third-order valence-corrected chi connectivity index (χ3v) is 4.36. The van der Waals surface area contributed by atoms with E-state index in [9.17, 15) is 9.59 Å². The van der Waals surface area contributed by atoms with Crippen LogP contribution in [0.4, 0.5) is 22.7 Å². The number of ether oxygens (including phenoxy) is 2. The number of hydrogen-bond acceptors (Lipinski definition) is 6. The van der Waals surface area contributed by atoms with Crippen LogP contribution in [0.1, 0.15) is 20.7 Å². The highest BCUT2D eigenvalue weighted by atomic mass is 16.5. The van der Waals surface area contributed by atoms with Crippen LogP contribution in [-0.4, -0.2) is 26.0 Å². The van der Waals surface area contributed by atoms with Gasteiger partial charge in [-0.05, 0) is 48.5 Å². The van der Waals surface area contributed by atoms with E-state index in [0.29, 0.717) is 45.4 Å². The highest BCUT2D eigenvalue weighted by Gasteiger charge is 2.13. The zero-order chi connectivity index (χ0) is 21.7. The van der Waals surface area contributed by atoms with Gasteiger partial charge in [0.05, 0.1) is 25.6 Å². The zero-order valence-electron chi connectivity index (χ0n) is 16.6. The van der Waals surface area contributed by atoms with Crippen molar-refractivity contribution in [1.82, 2.24) is 0 Å². The lowest BCUT2D eigenvalue weighted by Gasteiger charge is -2.12. The van der Waals surface area contributed by atoms with Gasteiger partial charge in [0.2, 0.25) is 0 Å².